The first kappa shape index (κ1) is 72.9. The van der Waals surface area contributed by atoms with E-state index in [9.17, 15) is 29.7 Å². The van der Waals surface area contributed by atoms with E-state index in [-0.39, 0.29) is 66.7 Å². The molecule has 13 heteroatoms. The number of carbonyl (C=O) groups excluding carboxylic acids is 3. The Morgan fingerprint density at radius 2 is 0.370 bits per heavy atom. The normalized spacial score (nSPS) is 11.0. The fourth-order valence-corrected chi connectivity index (χ4v) is 9.75. The third kappa shape index (κ3) is 24.0. The molecular formula is C87H69EuO12. The van der Waals surface area contributed by atoms with Crippen LogP contribution < -0.4 is 43.7 Å². The van der Waals surface area contributed by atoms with Crippen LogP contribution in [0.4, 0.5) is 0 Å². The molecule has 100 heavy (non-hydrogen) atoms. The van der Waals surface area contributed by atoms with Gasteiger partial charge in [0.2, 0.25) is 0 Å². The summed E-state index contributed by atoms with van der Waals surface area (Å²) >= 11 is 0. The van der Waals surface area contributed by atoms with Crippen LogP contribution >= 0.6 is 0 Å². The van der Waals surface area contributed by atoms with E-state index in [2.05, 4.69) is 0 Å². The van der Waals surface area contributed by atoms with Crippen LogP contribution in [0.5, 0.6) is 34.5 Å². The molecule has 0 saturated heterocycles. The SMILES string of the molecule is O=C(/C=C(/[O-])c1cc(OCc2ccccc2)cc(OCc2ccccc2)c1)c1ccccc1.O=C(/C=C(/[O-])c1cc(OCc2ccccc2)cc(OCc2ccccc2)c1)c1ccccc1.O=C(/C=C(/[O-])c1cc(OCc2ccccc2)cc(OCc2ccccc2)c1)c1ccccc1.[Eu+3]. The van der Waals surface area contributed by atoms with Crippen molar-refractivity contribution in [1.29, 1.82) is 0 Å². The molecular weight excluding hydrogens is 1390 g/mol. The van der Waals surface area contributed by atoms with Crippen LogP contribution in [-0.4, -0.2) is 17.3 Å². The number of allylic oxidation sites excluding steroid dienone is 3. The number of carbonyl (C=O) groups is 3. The molecule has 0 atom stereocenters. The third-order valence-corrected chi connectivity index (χ3v) is 14.9. The van der Waals surface area contributed by atoms with Crippen molar-refractivity contribution in [3.63, 3.8) is 0 Å². The Balaban J connectivity index is 0.000000174. The molecule has 12 nitrogen and oxygen atoms in total. The van der Waals surface area contributed by atoms with Gasteiger partial charge in [0.1, 0.15) is 74.1 Å². The van der Waals surface area contributed by atoms with Crippen molar-refractivity contribution in [3.05, 3.63) is 413 Å². The Kier molecular flexibility index (Phi) is 28.5. The second-order valence-electron chi connectivity index (χ2n) is 22.4. The van der Waals surface area contributed by atoms with Gasteiger partial charge in [0, 0.05) is 34.9 Å². The molecule has 0 bridgehead atoms. The zero-order chi connectivity index (χ0) is 68.6. The molecule has 12 rings (SSSR count). The maximum atomic E-state index is 12.9. The van der Waals surface area contributed by atoms with Crippen LogP contribution in [0.25, 0.3) is 17.3 Å². The molecule has 0 unspecified atom stereocenters. The average molecular weight is 1460 g/mol. The third-order valence-electron chi connectivity index (χ3n) is 14.9. The predicted molar refractivity (Wildman–Crippen MR) is 380 cm³/mol. The van der Waals surface area contributed by atoms with E-state index in [0.717, 1.165) is 51.6 Å². The molecule has 0 heterocycles. The van der Waals surface area contributed by atoms with Crippen LogP contribution in [-0.2, 0) is 39.6 Å². The minimum Gasteiger partial charge on any atom is -0.872 e. The zero-order valence-corrected chi connectivity index (χ0v) is 56.9. The Hall–Kier alpha value is -11.3. The van der Waals surface area contributed by atoms with Gasteiger partial charge in [0.05, 0.1) is 0 Å². The molecule has 12 aromatic carbocycles. The first-order chi connectivity index (χ1) is 48.5. The van der Waals surface area contributed by atoms with Gasteiger partial charge in [-0.2, -0.15) is 0 Å². The van der Waals surface area contributed by atoms with E-state index in [1.54, 1.807) is 127 Å². The number of benzene rings is 12. The van der Waals surface area contributed by atoms with Gasteiger partial charge in [-0.05, 0) is 105 Å². The summed E-state index contributed by atoms with van der Waals surface area (Å²) in [5.74, 6) is 0.717. The van der Waals surface area contributed by atoms with Gasteiger partial charge in [-0.15, -0.1) is 0 Å². The van der Waals surface area contributed by atoms with Crippen molar-refractivity contribution < 1.29 is 108 Å². The molecule has 0 spiro atoms. The maximum Gasteiger partial charge on any atom is 3.00 e. The van der Waals surface area contributed by atoms with Gasteiger partial charge >= 0.3 is 49.4 Å². The molecule has 0 saturated carbocycles. The summed E-state index contributed by atoms with van der Waals surface area (Å²) in [4.78, 5) is 37.4. The smallest absolute Gasteiger partial charge is 0.872 e. The monoisotopic (exact) mass is 1460 g/mol. The molecule has 0 aliphatic carbocycles. The number of hydrogen-bond acceptors (Lipinski definition) is 12. The molecule has 0 radical (unpaired) electrons. The maximum absolute atomic E-state index is 12.9. The molecule has 0 amide bonds. The first-order valence-electron chi connectivity index (χ1n) is 31.9. The van der Waals surface area contributed by atoms with Crippen molar-refractivity contribution in [3.8, 4) is 34.5 Å². The van der Waals surface area contributed by atoms with Crippen LogP contribution in [0.3, 0.4) is 0 Å². The average Bonchev–Trinajstić information content (AvgIpc) is 0.994. The van der Waals surface area contributed by atoms with E-state index in [4.69, 9.17) is 28.4 Å². The van der Waals surface area contributed by atoms with Crippen molar-refractivity contribution in [2.24, 2.45) is 0 Å². The van der Waals surface area contributed by atoms with E-state index >= 15 is 0 Å². The standard InChI is InChI=1S/3C29H24O4.Eu/c3*30-28(24-14-8-3-9-15-24)19-29(31)25-16-26(32-20-22-10-4-1-5-11-22)18-27(17-25)33-21-23-12-6-2-7-13-23;/h3*1-19,31H,20-21H2;/q;;;+3/p-3/b3*29-19+;. The largest absolute Gasteiger partial charge is 3.00 e. The van der Waals surface area contributed by atoms with Crippen molar-refractivity contribution >= 4 is 34.6 Å². The minimum atomic E-state index is -0.404. The van der Waals surface area contributed by atoms with Gasteiger partial charge in [0.15, 0.2) is 17.3 Å². The summed E-state index contributed by atoms with van der Waals surface area (Å²) in [5.41, 5.74) is 8.40. The molecule has 0 N–H and O–H groups in total. The second-order valence-corrected chi connectivity index (χ2v) is 22.4. The van der Waals surface area contributed by atoms with E-state index in [0.29, 0.717) is 108 Å². The molecule has 0 fully saturated rings. The fraction of sp³-hybridized carbons (Fsp3) is 0.0690. The van der Waals surface area contributed by atoms with E-state index in [1.807, 2.05) is 200 Å². The van der Waals surface area contributed by atoms with E-state index < -0.39 is 17.3 Å². The summed E-state index contributed by atoms with van der Waals surface area (Å²) in [6.45, 7) is 2.10. The molecule has 12 aromatic rings. The van der Waals surface area contributed by atoms with Crippen molar-refractivity contribution in [2.45, 2.75) is 39.6 Å². The minimum absolute atomic E-state index is 0. The molecule has 496 valence electrons. The molecule has 0 aliphatic heterocycles. The summed E-state index contributed by atoms with van der Waals surface area (Å²) in [6.07, 6.45) is 3.31. The topological polar surface area (TPSA) is 176 Å². The van der Waals surface area contributed by atoms with Crippen LogP contribution in [0.15, 0.2) is 346 Å². The van der Waals surface area contributed by atoms with Crippen molar-refractivity contribution in [2.75, 3.05) is 0 Å². The Bertz CT molecular complexity index is 3940. The van der Waals surface area contributed by atoms with E-state index in [1.165, 1.54) is 0 Å². The van der Waals surface area contributed by atoms with Gasteiger partial charge in [-0.1, -0.05) is 290 Å². The number of hydrogen-bond donors (Lipinski definition) is 0. The predicted octanol–water partition coefficient (Wildman–Crippen LogP) is 16.3. The quantitative estimate of drug-likeness (QED) is 0.0271. The van der Waals surface area contributed by atoms with Crippen LogP contribution in [0.2, 0.25) is 0 Å². The summed E-state index contributed by atoms with van der Waals surface area (Å²) in [6, 6.07) is 99.7. The second kappa shape index (κ2) is 39.2. The van der Waals surface area contributed by atoms with Crippen LogP contribution in [0, 0.1) is 49.4 Å². The number of ketones is 3. The summed E-state index contributed by atoms with van der Waals surface area (Å²) in [5, 5.41) is 38.7. The first-order valence-corrected chi connectivity index (χ1v) is 31.9. The van der Waals surface area contributed by atoms with Gasteiger partial charge < -0.3 is 43.7 Å². The molecule has 0 aliphatic rings. The van der Waals surface area contributed by atoms with Gasteiger partial charge in [-0.25, -0.2) is 0 Å². The fourth-order valence-electron chi connectivity index (χ4n) is 9.75. The Morgan fingerprint density at radius 3 is 0.530 bits per heavy atom. The number of rotatable bonds is 27. The Morgan fingerprint density at radius 1 is 0.220 bits per heavy atom. The molecule has 0 aromatic heterocycles. The number of ether oxygens (including phenoxy) is 6. The summed E-state index contributed by atoms with van der Waals surface area (Å²) in [7, 11) is 0. The zero-order valence-electron chi connectivity index (χ0n) is 54.4. The Labute approximate surface area is 623 Å². The van der Waals surface area contributed by atoms with Crippen molar-refractivity contribution in [1.82, 2.24) is 0 Å². The van der Waals surface area contributed by atoms with Gasteiger partial charge in [0.25, 0.3) is 0 Å². The van der Waals surface area contributed by atoms with Crippen LogP contribution in [0.1, 0.15) is 81.1 Å². The summed E-state index contributed by atoms with van der Waals surface area (Å²) < 4.78 is 35.6. The van der Waals surface area contributed by atoms with Gasteiger partial charge in [-0.3, -0.25) is 14.4 Å².